The van der Waals surface area contributed by atoms with E-state index in [1.54, 1.807) is 19.5 Å². The minimum atomic E-state index is -0.105. The van der Waals surface area contributed by atoms with Crippen molar-refractivity contribution in [1.82, 2.24) is 15.3 Å². The first-order valence-corrected chi connectivity index (χ1v) is 9.43. The first-order valence-electron chi connectivity index (χ1n) is 9.43. The van der Waals surface area contributed by atoms with Gasteiger partial charge in [0.1, 0.15) is 5.75 Å². The summed E-state index contributed by atoms with van der Waals surface area (Å²) < 4.78 is 5.37. The molecule has 0 saturated carbocycles. The topological polar surface area (TPSA) is 70.2 Å². The monoisotopic (exact) mass is 354 g/mol. The Morgan fingerprint density at radius 1 is 1.27 bits per heavy atom. The van der Waals surface area contributed by atoms with Gasteiger partial charge in [-0.15, -0.1) is 0 Å². The number of aromatic amines is 1. The van der Waals surface area contributed by atoms with Gasteiger partial charge in [-0.05, 0) is 55.4 Å². The number of rotatable bonds is 4. The minimum Gasteiger partial charge on any atom is -0.497 e. The van der Waals surface area contributed by atoms with Crippen molar-refractivity contribution < 1.29 is 4.74 Å². The number of benzene rings is 1. The maximum atomic E-state index is 12.0. The zero-order valence-electron chi connectivity index (χ0n) is 15.2. The number of anilines is 1. The van der Waals surface area contributed by atoms with Gasteiger partial charge in [-0.3, -0.25) is 4.79 Å². The Morgan fingerprint density at radius 3 is 3.04 bits per heavy atom. The molecule has 2 aromatic rings. The van der Waals surface area contributed by atoms with Crippen LogP contribution in [0.5, 0.6) is 5.75 Å². The summed E-state index contributed by atoms with van der Waals surface area (Å²) in [5, 5.41) is 3.83. The van der Waals surface area contributed by atoms with Crippen molar-refractivity contribution >= 4 is 5.82 Å². The van der Waals surface area contributed by atoms with Gasteiger partial charge in [0, 0.05) is 37.6 Å². The molecule has 138 valence electrons. The molecule has 6 heteroatoms. The van der Waals surface area contributed by atoms with Crippen LogP contribution in [0.2, 0.25) is 0 Å². The highest BCUT2D eigenvalue weighted by atomic mass is 16.5. The van der Waals surface area contributed by atoms with Gasteiger partial charge in [0.2, 0.25) is 0 Å². The Morgan fingerprint density at radius 2 is 2.19 bits per heavy atom. The van der Waals surface area contributed by atoms with E-state index >= 15 is 0 Å². The normalized spacial score (nSPS) is 22.7. The summed E-state index contributed by atoms with van der Waals surface area (Å²) >= 11 is 0. The van der Waals surface area contributed by atoms with Crippen molar-refractivity contribution in [3.05, 3.63) is 52.1 Å². The molecule has 26 heavy (non-hydrogen) atoms. The van der Waals surface area contributed by atoms with E-state index in [1.165, 1.54) is 11.1 Å². The third-order valence-electron chi connectivity index (χ3n) is 5.52. The Balaban J connectivity index is 1.41. The van der Waals surface area contributed by atoms with E-state index in [0.29, 0.717) is 17.9 Å². The molecule has 2 aliphatic rings. The van der Waals surface area contributed by atoms with Crippen LogP contribution in [-0.2, 0) is 12.8 Å². The number of methoxy groups -OCH3 is 1. The second kappa shape index (κ2) is 7.50. The zero-order valence-corrected chi connectivity index (χ0v) is 15.2. The van der Waals surface area contributed by atoms with E-state index in [4.69, 9.17) is 4.74 Å². The van der Waals surface area contributed by atoms with Crippen LogP contribution in [0.3, 0.4) is 0 Å². The van der Waals surface area contributed by atoms with Gasteiger partial charge >= 0.3 is 0 Å². The van der Waals surface area contributed by atoms with Crippen molar-refractivity contribution in [2.45, 2.75) is 44.2 Å². The molecule has 1 aliphatic carbocycles. The molecular weight excluding hydrogens is 328 g/mol. The van der Waals surface area contributed by atoms with Crippen molar-refractivity contribution in [3.63, 3.8) is 0 Å². The van der Waals surface area contributed by atoms with Gasteiger partial charge in [-0.1, -0.05) is 6.07 Å². The molecule has 1 aromatic heterocycles. The van der Waals surface area contributed by atoms with Gasteiger partial charge in [-0.2, -0.15) is 0 Å². The number of aromatic nitrogens is 2. The molecule has 1 saturated heterocycles. The van der Waals surface area contributed by atoms with Gasteiger partial charge < -0.3 is 19.9 Å². The Hall–Kier alpha value is -2.34. The van der Waals surface area contributed by atoms with Crippen molar-refractivity contribution in [2.24, 2.45) is 0 Å². The van der Waals surface area contributed by atoms with E-state index in [1.807, 2.05) is 0 Å². The highest BCUT2D eigenvalue weighted by Gasteiger charge is 2.26. The maximum absolute atomic E-state index is 12.0. The summed E-state index contributed by atoms with van der Waals surface area (Å²) in [6.45, 7) is 1.73. The molecule has 0 bridgehead atoms. The molecule has 1 aromatic carbocycles. The molecule has 4 rings (SSSR count). The molecule has 0 spiro atoms. The number of hydrogen-bond donors (Lipinski definition) is 2. The largest absolute Gasteiger partial charge is 0.497 e. The molecule has 0 unspecified atom stereocenters. The first-order chi connectivity index (χ1) is 12.7. The summed E-state index contributed by atoms with van der Waals surface area (Å²) in [7, 11) is 1.72. The zero-order chi connectivity index (χ0) is 17.9. The highest BCUT2D eigenvalue weighted by molar-refractivity contribution is 5.38. The van der Waals surface area contributed by atoms with E-state index in [9.17, 15) is 4.79 Å². The number of piperidine rings is 1. The van der Waals surface area contributed by atoms with Gasteiger partial charge in [0.15, 0.2) is 5.82 Å². The van der Waals surface area contributed by atoms with E-state index < -0.39 is 0 Å². The summed E-state index contributed by atoms with van der Waals surface area (Å²) in [6.07, 6.45) is 8.74. The SMILES string of the molecule is COc1ccc2c(c1)C[C@@H](N[C@@H]1CCCN(c3ncc[nH]c3=O)C1)CC2. The van der Waals surface area contributed by atoms with E-state index in [2.05, 4.69) is 38.4 Å². The molecule has 2 heterocycles. The minimum absolute atomic E-state index is 0.105. The molecule has 0 amide bonds. The van der Waals surface area contributed by atoms with Crippen molar-refractivity contribution in [3.8, 4) is 5.75 Å². The lowest BCUT2D eigenvalue weighted by Crippen LogP contribution is -2.51. The van der Waals surface area contributed by atoms with Crippen LogP contribution in [0.4, 0.5) is 5.82 Å². The number of nitrogens with one attached hydrogen (secondary N) is 2. The van der Waals surface area contributed by atoms with Crippen LogP contribution >= 0.6 is 0 Å². The molecule has 2 N–H and O–H groups in total. The first kappa shape index (κ1) is 17.1. The lowest BCUT2D eigenvalue weighted by molar-refractivity contribution is 0.350. The third-order valence-corrected chi connectivity index (χ3v) is 5.52. The molecule has 6 nitrogen and oxygen atoms in total. The van der Waals surface area contributed by atoms with Crippen LogP contribution in [-0.4, -0.2) is 42.3 Å². The summed E-state index contributed by atoms with van der Waals surface area (Å²) in [6, 6.07) is 7.28. The molecule has 2 atom stereocenters. The molecule has 1 aliphatic heterocycles. The number of ether oxygens (including phenoxy) is 1. The number of aryl methyl sites for hydroxylation is 1. The van der Waals surface area contributed by atoms with Crippen LogP contribution < -0.4 is 20.5 Å². The van der Waals surface area contributed by atoms with Crippen molar-refractivity contribution in [2.75, 3.05) is 25.1 Å². The lowest BCUT2D eigenvalue weighted by atomic mass is 9.87. The van der Waals surface area contributed by atoms with E-state index in [0.717, 1.165) is 50.9 Å². The standard InChI is InChI=1S/C20H26N4O2/c1-26-18-7-5-14-4-6-16(11-15(14)12-18)23-17-3-2-10-24(13-17)19-20(25)22-9-8-21-19/h5,7-9,12,16-17,23H,2-4,6,10-11,13H2,1H3,(H,22,25)/t16-,17+/m0/s1. The Kier molecular flexibility index (Phi) is 4.93. The van der Waals surface area contributed by atoms with Gasteiger partial charge in [0.05, 0.1) is 7.11 Å². The average Bonchev–Trinajstić information content (AvgIpc) is 2.68. The number of fused-ring (bicyclic) bond motifs is 1. The fraction of sp³-hybridized carbons (Fsp3) is 0.500. The number of nitrogens with zero attached hydrogens (tertiary/aromatic N) is 2. The lowest BCUT2D eigenvalue weighted by Gasteiger charge is -2.37. The highest BCUT2D eigenvalue weighted by Crippen LogP contribution is 2.26. The van der Waals surface area contributed by atoms with Gasteiger partial charge in [0.25, 0.3) is 5.56 Å². The number of H-pyrrole nitrogens is 1. The van der Waals surface area contributed by atoms with E-state index in [-0.39, 0.29) is 5.56 Å². The smallest absolute Gasteiger partial charge is 0.290 e. The predicted octanol–water partition coefficient (Wildman–Crippen LogP) is 1.89. The Labute approximate surface area is 153 Å². The molecule has 0 radical (unpaired) electrons. The molecule has 1 fully saturated rings. The fourth-order valence-corrected chi connectivity index (χ4v) is 4.21. The number of hydrogen-bond acceptors (Lipinski definition) is 5. The summed E-state index contributed by atoms with van der Waals surface area (Å²) in [4.78, 5) is 21.1. The maximum Gasteiger partial charge on any atom is 0.290 e. The average molecular weight is 354 g/mol. The van der Waals surface area contributed by atoms with Crippen LogP contribution in [0.15, 0.2) is 35.4 Å². The summed E-state index contributed by atoms with van der Waals surface area (Å²) in [5.74, 6) is 1.47. The third kappa shape index (κ3) is 3.60. The quantitative estimate of drug-likeness (QED) is 0.878. The van der Waals surface area contributed by atoms with Crippen LogP contribution in [0.1, 0.15) is 30.4 Å². The fourth-order valence-electron chi connectivity index (χ4n) is 4.21. The summed E-state index contributed by atoms with van der Waals surface area (Å²) in [5.41, 5.74) is 2.72. The second-order valence-corrected chi connectivity index (χ2v) is 7.27. The molecular formula is C20H26N4O2. The van der Waals surface area contributed by atoms with Crippen molar-refractivity contribution in [1.29, 1.82) is 0 Å². The second-order valence-electron chi connectivity index (χ2n) is 7.27. The Bertz CT molecular complexity index is 819. The van der Waals surface area contributed by atoms with Gasteiger partial charge in [-0.25, -0.2) is 4.98 Å². The van der Waals surface area contributed by atoms with Crippen LogP contribution in [0, 0.1) is 0 Å². The predicted molar refractivity (Wildman–Crippen MR) is 102 cm³/mol. The van der Waals surface area contributed by atoms with Crippen LogP contribution in [0.25, 0.3) is 0 Å².